The number of rotatable bonds is 6. The van der Waals surface area contributed by atoms with Crippen molar-refractivity contribution in [3.05, 3.63) is 42.0 Å². The zero-order valence-corrected chi connectivity index (χ0v) is 16.4. The molecule has 1 aliphatic heterocycles. The minimum atomic E-state index is 0.0757. The van der Waals surface area contributed by atoms with Crippen molar-refractivity contribution in [2.45, 2.75) is 38.0 Å². The molecule has 150 valence electrons. The topological polar surface area (TPSA) is 82.4 Å². The number of hydrogen-bond donors (Lipinski definition) is 0. The molecule has 2 aromatic rings. The molecule has 0 aromatic carbocycles. The summed E-state index contributed by atoms with van der Waals surface area (Å²) in [6.45, 7) is 2.06. The highest BCUT2D eigenvalue weighted by atomic mass is 16.5. The summed E-state index contributed by atoms with van der Waals surface area (Å²) < 4.78 is 12.9. The van der Waals surface area contributed by atoms with Gasteiger partial charge >= 0.3 is 0 Å². The van der Waals surface area contributed by atoms with Crippen LogP contribution in [0.5, 0.6) is 0 Å². The van der Waals surface area contributed by atoms with E-state index in [1.54, 1.807) is 26.6 Å². The normalized spacial score (nSPS) is 27.0. The van der Waals surface area contributed by atoms with Gasteiger partial charge in [0, 0.05) is 39.7 Å². The summed E-state index contributed by atoms with van der Waals surface area (Å²) in [5, 5.41) is 8.49. The maximum Gasteiger partial charge on any atom is 0.227 e. The molecule has 0 unspecified atom stereocenters. The zero-order valence-electron chi connectivity index (χ0n) is 16.4. The van der Waals surface area contributed by atoms with Crippen molar-refractivity contribution in [1.82, 2.24) is 24.9 Å². The Morgan fingerprint density at radius 1 is 1.25 bits per heavy atom. The third-order valence-corrected chi connectivity index (χ3v) is 6.01. The molecule has 8 nitrogen and oxygen atoms in total. The van der Waals surface area contributed by atoms with Crippen molar-refractivity contribution >= 4 is 5.91 Å². The number of likely N-dealkylation sites (tertiary alicyclic amines) is 1. The third-order valence-electron chi connectivity index (χ3n) is 6.01. The lowest BCUT2D eigenvalue weighted by atomic mass is 9.77. The van der Waals surface area contributed by atoms with E-state index in [4.69, 9.17) is 9.47 Å². The van der Waals surface area contributed by atoms with Gasteiger partial charge in [0.1, 0.15) is 5.69 Å². The summed E-state index contributed by atoms with van der Waals surface area (Å²) in [7, 11) is 3.41. The van der Waals surface area contributed by atoms with E-state index < -0.39 is 0 Å². The number of hydrogen-bond acceptors (Lipinski definition) is 6. The molecular weight excluding hydrogens is 358 g/mol. The highest BCUT2D eigenvalue weighted by molar-refractivity contribution is 5.79. The van der Waals surface area contributed by atoms with Crippen LogP contribution in [0.2, 0.25) is 0 Å². The molecule has 1 aliphatic carbocycles. The van der Waals surface area contributed by atoms with Gasteiger partial charge in [-0.1, -0.05) is 11.3 Å². The smallest absolute Gasteiger partial charge is 0.227 e. The van der Waals surface area contributed by atoms with E-state index in [9.17, 15) is 4.79 Å². The molecule has 2 fully saturated rings. The van der Waals surface area contributed by atoms with Gasteiger partial charge in [-0.15, -0.1) is 5.10 Å². The monoisotopic (exact) mass is 385 g/mol. The van der Waals surface area contributed by atoms with Crippen molar-refractivity contribution in [3.8, 4) is 0 Å². The van der Waals surface area contributed by atoms with Crippen LogP contribution in [0.1, 0.15) is 30.1 Å². The minimum absolute atomic E-state index is 0.0757. The SMILES string of the molecule is COCc1cn([C@@H]2C[C@@H]3CN(C(=O)Cc4cccnc4)C[C@@H]3C[C@H]2OC)nn1. The highest BCUT2D eigenvalue weighted by Gasteiger charge is 2.44. The molecule has 2 aromatic heterocycles. The fourth-order valence-electron chi connectivity index (χ4n) is 4.60. The average Bonchev–Trinajstić information content (AvgIpc) is 3.34. The lowest BCUT2D eigenvalue weighted by Crippen LogP contribution is -2.37. The quantitative estimate of drug-likeness (QED) is 0.749. The lowest BCUT2D eigenvalue weighted by molar-refractivity contribution is -0.129. The Morgan fingerprint density at radius 2 is 2.07 bits per heavy atom. The van der Waals surface area contributed by atoms with Gasteiger partial charge in [0.25, 0.3) is 0 Å². The van der Waals surface area contributed by atoms with Gasteiger partial charge in [-0.05, 0) is 36.3 Å². The van der Waals surface area contributed by atoms with Crippen molar-refractivity contribution in [2.24, 2.45) is 11.8 Å². The second kappa shape index (κ2) is 8.36. The number of fused-ring (bicyclic) bond motifs is 1. The van der Waals surface area contributed by atoms with Crippen molar-refractivity contribution < 1.29 is 14.3 Å². The molecule has 2 aliphatic rings. The Bertz CT molecular complexity index is 796. The first-order valence-corrected chi connectivity index (χ1v) is 9.77. The predicted octanol–water partition coefficient (Wildman–Crippen LogP) is 1.49. The van der Waals surface area contributed by atoms with Gasteiger partial charge in [-0.25, -0.2) is 4.68 Å². The maximum absolute atomic E-state index is 12.8. The number of methoxy groups -OCH3 is 2. The zero-order chi connectivity index (χ0) is 19.5. The van der Waals surface area contributed by atoms with Crippen LogP contribution in [0.3, 0.4) is 0 Å². The van der Waals surface area contributed by atoms with E-state index in [-0.39, 0.29) is 18.1 Å². The first-order valence-electron chi connectivity index (χ1n) is 9.77. The van der Waals surface area contributed by atoms with Crippen molar-refractivity contribution in [1.29, 1.82) is 0 Å². The van der Waals surface area contributed by atoms with Crippen LogP contribution in [0.4, 0.5) is 0 Å². The Labute approximate surface area is 164 Å². The second-order valence-electron chi connectivity index (χ2n) is 7.79. The van der Waals surface area contributed by atoms with E-state index in [1.165, 1.54) is 0 Å². The van der Waals surface area contributed by atoms with E-state index in [1.807, 2.05) is 27.9 Å². The molecular formula is C20H27N5O3. The van der Waals surface area contributed by atoms with Crippen LogP contribution in [0.25, 0.3) is 0 Å². The summed E-state index contributed by atoms with van der Waals surface area (Å²) in [6, 6.07) is 3.96. The van der Waals surface area contributed by atoms with Crippen LogP contribution in [-0.2, 0) is 27.3 Å². The van der Waals surface area contributed by atoms with Crippen LogP contribution in [0.15, 0.2) is 30.7 Å². The molecule has 0 bridgehead atoms. The molecule has 1 saturated heterocycles. The average molecular weight is 385 g/mol. The molecule has 1 amide bonds. The first-order chi connectivity index (χ1) is 13.7. The Balaban J connectivity index is 1.42. The fourth-order valence-corrected chi connectivity index (χ4v) is 4.60. The molecule has 4 atom stereocenters. The standard InChI is InChI=1S/C20H27N5O3/c1-27-13-17-12-25(23-22-17)18-7-15-10-24(11-16(15)8-19(18)28-2)20(26)6-14-4-3-5-21-9-14/h3-5,9,12,15-16,18-19H,6-8,10-11,13H2,1-2H3/t15-,16+,18-,19-/m1/s1. The van der Waals surface area contributed by atoms with Gasteiger partial charge < -0.3 is 14.4 Å². The fraction of sp³-hybridized carbons (Fsp3) is 0.600. The predicted molar refractivity (Wildman–Crippen MR) is 101 cm³/mol. The maximum atomic E-state index is 12.8. The van der Waals surface area contributed by atoms with Crippen molar-refractivity contribution in [2.75, 3.05) is 27.3 Å². The Morgan fingerprint density at radius 3 is 2.79 bits per heavy atom. The summed E-state index contributed by atoms with van der Waals surface area (Å²) in [5.41, 5.74) is 1.78. The molecule has 3 heterocycles. The second-order valence-corrected chi connectivity index (χ2v) is 7.79. The molecule has 1 saturated carbocycles. The highest BCUT2D eigenvalue weighted by Crippen LogP contribution is 2.42. The molecule has 0 radical (unpaired) electrons. The van der Waals surface area contributed by atoms with Crippen molar-refractivity contribution in [3.63, 3.8) is 0 Å². The van der Waals surface area contributed by atoms with Crippen LogP contribution >= 0.6 is 0 Å². The van der Waals surface area contributed by atoms with Crippen LogP contribution in [0, 0.1) is 11.8 Å². The summed E-state index contributed by atoms with van der Waals surface area (Å²) in [4.78, 5) is 18.9. The number of carbonyl (C=O) groups excluding carboxylic acids is 1. The van der Waals surface area contributed by atoms with Gasteiger partial charge in [0.15, 0.2) is 0 Å². The van der Waals surface area contributed by atoms with Crippen LogP contribution < -0.4 is 0 Å². The molecule has 0 spiro atoms. The lowest BCUT2D eigenvalue weighted by Gasteiger charge is -2.36. The van der Waals surface area contributed by atoms with Gasteiger partial charge in [-0.3, -0.25) is 9.78 Å². The van der Waals surface area contributed by atoms with E-state index in [0.29, 0.717) is 24.9 Å². The Kier molecular flexibility index (Phi) is 5.68. The van der Waals surface area contributed by atoms with Gasteiger partial charge in [-0.2, -0.15) is 0 Å². The van der Waals surface area contributed by atoms with Crippen LogP contribution in [-0.4, -0.2) is 64.2 Å². The van der Waals surface area contributed by atoms with E-state index >= 15 is 0 Å². The molecule has 0 N–H and O–H groups in total. The number of carbonyl (C=O) groups is 1. The van der Waals surface area contributed by atoms with E-state index in [2.05, 4.69) is 15.3 Å². The summed E-state index contributed by atoms with van der Waals surface area (Å²) >= 11 is 0. The van der Waals surface area contributed by atoms with Gasteiger partial charge in [0.2, 0.25) is 5.91 Å². The first kappa shape index (κ1) is 19.0. The van der Waals surface area contributed by atoms with Gasteiger partial charge in [0.05, 0.1) is 31.4 Å². The molecule has 28 heavy (non-hydrogen) atoms. The Hall–Kier alpha value is -2.32. The number of aromatic nitrogens is 4. The number of amides is 1. The minimum Gasteiger partial charge on any atom is -0.379 e. The van der Waals surface area contributed by atoms with E-state index in [0.717, 1.165) is 37.2 Å². The third kappa shape index (κ3) is 3.93. The summed E-state index contributed by atoms with van der Waals surface area (Å²) in [5.74, 6) is 1.11. The molecule has 8 heteroatoms. The molecule has 4 rings (SSSR count). The number of ether oxygens (including phenoxy) is 2. The number of pyridine rings is 1. The largest absolute Gasteiger partial charge is 0.379 e. The summed E-state index contributed by atoms with van der Waals surface area (Å²) in [6.07, 6.45) is 7.80. The number of nitrogens with zero attached hydrogens (tertiary/aromatic N) is 5.